The third-order valence-corrected chi connectivity index (χ3v) is 1.89. The predicted octanol–water partition coefficient (Wildman–Crippen LogP) is 1.52. The fourth-order valence-electron chi connectivity index (χ4n) is 1.37. The van der Waals surface area contributed by atoms with E-state index in [1.165, 1.54) is 12.3 Å². The fourth-order valence-corrected chi connectivity index (χ4v) is 1.37. The lowest BCUT2D eigenvalue weighted by molar-refractivity contribution is -0.0739. The van der Waals surface area contributed by atoms with Crippen LogP contribution in [0.1, 0.15) is 5.69 Å². The summed E-state index contributed by atoms with van der Waals surface area (Å²) >= 11 is 0. The Morgan fingerprint density at radius 3 is 3.07 bits per heavy atom. The van der Waals surface area contributed by atoms with Crippen molar-refractivity contribution < 1.29 is 9.60 Å². The van der Waals surface area contributed by atoms with E-state index < -0.39 is 0 Å². The molecule has 0 saturated heterocycles. The summed E-state index contributed by atoms with van der Waals surface area (Å²) in [5.41, 5.74) is 2.13. The second kappa shape index (κ2) is 3.36. The minimum absolute atomic E-state index is 0.359. The van der Waals surface area contributed by atoms with Crippen LogP contribution in [0.3, 0.4) is 0 Å². The van der Waals surface area contributed by atoms with Crippen molar-refractivity contribution in [3.8, 4) is 0 Å². The number of pyridine rings is 1. The van der Waals surface area contributed by atoms with Gasteiger partial charge in [-0.2, -0.15) is 5.06 Å². The van der Waals surface area contributed by atoms with Crippen LogP contribution in [0.25, 0.3) is 11.0 Å². The molecule has 2 rings (SSSR count). The van der Waals surface area contributed by atoms with Crippen molar-refractivity contribution in [1.82, 2.24) is 15.0 Å². The number of halogens is 1. The van der Waals surface area contributed by atoms with Gasteiger partial charge >= 0.3 is 0 Å². The Kier molecular flexibility index (Phi) is 2.18. The molecule has 0 spiro atoms. The largest absolute Gasteiger partial charge is 0.356 e. The van der Waals surface area contributed by atoms with Gasteiger partial charge in [0.1, 0.15) is 5.82 Å². The lowest BCUT2D eigenvalue weighted by Gasteiger charge is -2.04. The normalized spacial score (nSPS) is 11.4. The first-order valence-corrected chi connectivity index (χ1v) is 4.18. The van der Waals surface area contributed by atoms with Crippen LogP contribution >= 0.6 is 0 Å². The van der Waals surface area contributed by atoms with E-state index in [0.717, 1.165) is 10.8 Å². The minimum Gasteiger partial charge on any atom is -0.356 e. The van der Waals surface area contributed by atoms with Crippen LogP contribution in [-0.4, -0.2) is 27.3 Å². The molecule has 0 radical (unpaired) electrons. The zero-order valence-electron chi connectivity index (χ0n) is 7.66. The summed E-state index contributed by atoms with van der Waals surface area (Å²) in [6, 6.07) is 3.16. The molecule has 2 heterocycles. The summed E-state index contributed by atoms with van der Waals surface area (Å²) in [7, 11) is 1.54. The number of hydrogen-bond donors (Lipinski definition) is 2. The highest BCUT2D eigenvalue weighted by Gasteiger charge is 2.04. The maximum atomic E-state index is 12.8. The second-order valence-corrected chi connectivity index (χ2v) is 3.20. The molecule has 0 unspecified atom stereocenters. The number of nitrogens with one attached hydrogen (secondary N) is 1. The van der Waals surface area contributed by atoms with Gasteiger partial charge in [-0.1, -0.05) is 0 Å². The molecule has 0 bridgehead atoms. The smallest absolute Gasteiger partial charge is 0.143 e. The van der Waals surface area contributed by atoms with Crippen molar-refractivity contribution in [2.24, 2.45) is 0 Å². The zero-order chi connectivity index (χ0) is 10.1. The van der Waals surface area contributed by atoms with Crippen LogP contribution in [0.2, 0.25) is 0 Å². The van der Waals surface area contributed by atoms with Gasteiger partial charge in [0.15, 0.2) is 0 Å². The summed E-state index contributed by atoms with van der Waals surface area (Å²) in [5, 5.41) is 10.0. The summed E-state index contributed by atoms with van der Waals surface area (Å²) in [4.78, 5) is 6.87. The summed E-state index contributed by atoms with van der Waals surface area (Å²) in [6.45, 7) is 0.359. The SMILES string of the molecule is CN(O)Cc1cc2ncc(F)cc2[nH]1. The molecule has 2 aromatic heterocycles. The Morgan fingerprint density at radius 1 is 1.57 bits per heavy atom. The van der Waals surface area contributed by atoms with E-state index in [0.29, 0.717) is 17.6 Å². The van der Waals surface area contributed by atoms with Gasteiger partial charge in [-0.15, -0.1) is 0 Å². The van der Waals surface area contributed by atoms with Gasteiger partial charge in [0.25, 0.3) is 0 Å². The second-order valence-electron chi connectivity index (χ2n) is 3.20. The van der Waals surface area contributed by atoms with Gasteiger partial charge in [-0.25, -0.2) is 4.39 Å². The monoisotopic (exact) mass is 195 g/mol. The number of H-pyrrole nitrogens is 1. The number of aromatic amines is 1. The molecule has 0 aliphatic rings. The summed E-state index contributed by atoms with van der Waals surface area (Å²) in [5.74, 6) is -0.372. The first-order valence-electron chi connectivity index (χ1n) is 4.18. The molecule has 14 heavy (non-hydrogen) atoms. The Bertz CT molecular complexity index is 452. The van der Waals surface area contributed by atoms with Crippen LogP contribution in [-0.2, 0) is 6.54 Å². The number of rotatable bonds is 2. The Morgan fingerprint density at radius 2 is 2.36 bits per heavy atom. The molecule has 2 aromatic rings. The highest BCUT2D eigenvalue weighted by atomic mass is 19.1. The number of fused-ring (bicyclic) bond motifs is 1. The van der Waals surface area contributed by atoms with E-state index in [9.17, 15) is 4.39 Å². The zero-order valence-corrected chi connectivity index (χ0v) is 7.66. The molecule has 5 heteroatoms. The van der Waals surface area contributed by atoms with Crippen LogP contribution in [0.15, 0.2) is 18.3 Å². The Hall–Kier alpha value is -1.46. The molecule has 74 valence electrons. The maximum Gasteiger partial charge on any atom is 0.143 e. The van der Waals surface area contributed by atoms with Gasteiger partial charge in [0.2, 0.25) is 0 Å². The van der Waals surface area contributed by atoms with E-state index in [-0.39, 0.29) is 5.82 Å². The van der Waals surface area contributed by atoms with Crippen LogP contribution < -0.4 is 0 Å². The molecule has 0 amide bonds. The quantitative estimate of drug-likeness (QED) is 0.714. The standard InChI is InChI=1S/C9H10FN3O/c1-13(14)5-7-3-8-9(12-7)2-6(10)4-11-8/h2-4,12,14H,5H2,1H3. The molecular weight excluding hydrogens is 185 g/mol. The summed E-state index contributed by atoms with van der Waals surface area (Å²) in [6.07, 6.45) is 1.17. The third kappa shape index (κ3) is 1.73. The first kappa shape index (κ1) is 9.11. The van der Waals surface area contributed by atoms with Gasteiger partial charge < -0.3 is 10.2 Å². The van der Waals surface area contributed by atoms with E-state index >= 15 is 0 Å². The molecule has 0 aliphatic heterocycles. The fraction of sp³-hybridized carbons (Fsp3) is 0.222. The maximum absolute atomic E-state index is 12.8. The van der Waals surface area contributed by atoms with Crippen molar-refractivity contribution >= 4 is 11.0 Å². The van der Waals surface area contributed by atoms with E-state index in [1.54, 1.807) is 13.1 Å². The molecular formula is C9H10FN3O. The molecule has 2 N–H and O–H groups in total. The number of aromatic nitrogens is 2. The topological polar surface area (TPSA) is 52.1 Å². The molecule has 4 nitrogen and oxygen atoms in total. The lowest BCUT2D eigenvalue weighted by atomic mass is 10.3. The Labute approximate surface area is 79.9 Å². The van der Waals surface area contributed by atoms with Crippen LogP contribution in [0.5, 0.6) is 0 Å². The lowest BCUT2D eigenvalue weighted by Crippen LogP contribution is -2.11. The number of hydrogen-bond acceptors (Lipinski definition) is 3. The average molecular weight is 195 g/mol. The van der Waals surface area contributed by atoms with Gasteiger partial charge in [-0.05, 0) is 6.07 Å². The Balaban J connectivity index is 2.41. The molecule has 0 aliphatic carbocycles. The van der Waals surface area contributed by atoms with Crippen molar-refractivity contribution in [2.75, 3.05) is 7.05 Å². The summed E-state index contributed by atoms with van der Waals surface area (Å²) < 4.78 is 12.8. The van der Waals surface area contributed by atoms with Crippen molar-refractivity contribution in [3.05, 3.63) is 29.8 Å². The first-order chi connectivity index (χ1) is 6.65. The average Bonchev–Trinajstić information content (AvgIpc) is 2.44. The molecule has 0 aromatic carbocycles. The van der Waals surface area contributed by atoms with Gasteiger partial charge in [0.05, 0.1) is 23.8 Å². The number of nitrogens with zero attached hydrogens (tertiary/aromatic N) is 2. The predicted molar refractivity (Wildman–Crippen MR) is 49.3 cm³/mol. The van der Waals surface area contributed by atoms with Crippen molar-refractivity contribution in [1.29, 1.82) is 0 Å². The number of hydroxylamine groups is 2. The van der Waals surface area contributed by atoms with Crippen LogP contribution in [0, 0.1) is 5.82 Å². The third-order valence-electron chi connectivity index (χ3n) is 1.89. The van der Waals surface area contributed by atoms with Gasteiger partial charge in [0, 0.05) is 18.8 Å². The minimum atomic E-state index is -0.372. The highest BCUT2D eigenvalue weighted by Crippen LogP contribution is 2.14. The van der Waals surface area contributed by atoms with Gasteiger partial charge in [-0.3, -0.25) is 4.98 Å². The van der Waals surface area contributed by atoms with E-state index in [1.807, 2.05) is 0 Å². The molecule has 0 saturated carbocycles. The van der Waals surface area contributed by atoms with Crippen molar-refractivity contribution in [3.63, 3.8) is 0 Å². The highest BCUT2D eigenvalue weighted by molar-refractivity contribution is 5.75. The molecule has 0 fully saturated rings. The van der Waals surface area contributed by atoms with E-state index in [4.69, 9.17) is 5.21 Å². The van der Waals surface area contributed by atoms with Crippen LogP contribution in [0.4, 0.5) is 4.39 Å². The van der Waals surface area contributed by atoms with E-state index in [2.05, 4.69) is 9.97 Å². The van der Waals surface area contributed by atoms with Crippen molar-refractivity contribution in [2.45, 2.75) is 6.54 Å². The molecule has 0 atom stereocenters.